The van der Waals surface area contributed by atoms with Gasteiger partial charge in [-0.3, -0.25) is 0 Å². The minimum absolute atomic E-state index is 0.533. The average molecular weight is 387 g/mol. The van der Waals surface area contributed by atoms with Crippen molar-refractivity contribution in [1.82, 2.24) is 4.98 Å². The van der Waals surface area contributed by atoms with Crippen LogP contribution in [0.3, 0.4) is 0 Å². The molecule has 3 nitrogen and oxygen atoms in total. The molecule has 1 aromatic carbocycles. The first kappa shape index (κ1) is 14.3. The minimum Gasteiger partial charge on any atom is -0.494 e. The monoisotopic (exact) mass is 385 g/mol. The van der Waals surface area contributed by atoms with E-state index in [9.17, 15) is 0 Å². The zero-order valence-electron chi connectivity index (χ0n) is 10.4. The van der Waals surface area contributed by atoms with E-state index in [1.165, 1.54) is 0 Å². The summed E-state index contributed by atoms with van der Waals surface area (Å²) in [4.78, 5) is 4.20. The van der Waals surface area contributed by atoms with E-state index in [-0.39, 0.29) is 0 Å². The van der Waals surface area contributed by atoms with Crippen molar-refractivity contribution < 1.29 is 9.47 Å². The van der Waals surface area contributed by atoms with Crippen molar-refractivity contribution >= 4 is 31.9 Å². The maximum atomic E-state index is 5.69. The van der Waals surface area contributed by atoms with Crippen molar-refractivity contribution in [2.75, 3.05) is 6.61 Å². The van der Waals surface area contributed by atoms with Gasteiger partial charge < -0.3 is 9.47 Å². The van der Waals surface area contributed by atoms with Gasteiger partial charge in [-0.1, -0.05) is 6.92 Å². The van der Waals surface area contributed by atoms with Gasteiger partial charge in [0.1, 0.15) is 11.5 Å². The Morgan fingerprint density at radius 1 is 1.11 bits per heavy atom. The lowest BCUT2D eigenvalue weighted by Gasteiger charge is -2.08. The molecule has 1 aromatic heterocycles. The fourth-order valence-corrected chi connectivity index (χ4v) is 2.48. The van der Waals surface area contributed by atoms with Crippen LogP contribution in [0.25, 0.3) is 0 Å². The molecule has 0 aliphatic carbocycles. The first-order valence-electron chi connectivity index (χ1n) is 5.91. The molecule has 0 aliphatic rings. The number of hydrogen-bond donors (Lipinski definition) is 0. The summed E-state index contributed by atoms with van der Waals surface area (Å²) in [7, 11) is 0. The third kappa shape index (κ3) is 4.21. The number of hydrogen-bond acceptors (Lipinski definition) is 3. The Bertz CT molecular complexity index is 544. The van der Waals surface area contributed by atoms with Crippen molar-refractivity contribution in [2.45, 2.75) is 13.3 Å². The molecule has 0 fully saturated rings. The van der Waals surface area contributed by atoms with Crippen molar-refractivity contribution in [1.29, 1.82) is 0 Å². The molecule has 0 N–H and O–H groups in total. The molecule has 0 saturated heterocycles. The SMILES string of the molecule is CCCOc1ccc(Oc2ncc(Br)cc2Br)cc1. The number of pyridine rings is 1. The number of halogens is 2. The van der Waals surface area contributed by atoms with Gasteiger partial charge in [-0.15, -0.1) is 0 Å². The number of rotatable bonds is 5. The number of ether oxygens (including phenoxy) is 2. The predicted molar refractivity (Wildman–Crippen MR) is 81.9 cm³/mol. The van der Waals surface area contributed by atoms with Crippen LogP contribution in [-0.4, -0.2) is 11.6 Å². The second-order valence-corrected chi connectivity index (χ2v) is 5.63. The fourth-order valence-electron chi connectivity index (χ4n) is 1.41. The Morgan fingerprint density at radius 3 is 2.42 bits per heavy atom. The largest absolute Gasteiger partial charge is 0.494 e. The predicted octanol–water partition coefficient (Wildman–Crippen LogP) is 5.19. The van der Waals surface area contributed by atoms with Gasteiger partial charge in [-0.25, -0.2) is 4.98 Å². The van der Waals surface area contributed by atoms with Crippen LogP contribution in [-0.2, 0) is 0 Å². The average Bonchev–Trinajstić information content (AvgIpc) is 2.41. The third-order valence-corrected chi connectivity index (χ3v) is 3.29. The van der Waals surface area contributed by atoms with Gasteiger partial charge in [0.25, 0.3) is 0 Å². The summed E-state index contributed by atoms with van der Waals surface area (Å²) in [5.41, 5.74) is 0. The molecular formula is C14H13Br2NO2. The van der Waals surface area contributed by atoms with Crippen molar-refractivity contribution in [2.24, 2.45) is 0 Å². The molecule has 0 unspecified atom stereocenters. The van der Waals surface area contributed by atoms with Gasteiger partial charge in [0.2, 0.25) is 5.88 Å². The summed E-state index contributed by atoms with van der Waals surface area (Å²) in [5.74, 6) is 2.10. The lowest BCUT2D eigenvalue weighted by molar-refractivity contribution is 0.317. The van der Waals surface area contributed by atoms with E-state index < -0.39 is 0 Å². The summed E-state index contributed by atoms with van der Waals surface area (Å²) in [6.07, 6.45) is 2.69. The van der Waals surface area contributed by atoms with Crippen LogP contribution < -0.4 is 9.47 Å². The molecule has 0 bridgehead atoms. The van der Waals surface area contributed by atoms with Gasteiger partial charge in [0.05, 0.1) is 11.1 Å². The van der Waals surface area contributed by atoms with Crippen LogP contribution in [0.5, 0.6) is 17.4 Å². The van der Waals surface area contributed by atoms with Crippen molar-refractivity contribution in [3.63, 3.8) is 0 Å². The maximum Gasteiger partial charge on any atom is 0.233 e. The summed E-state index contributed by atoms with van der Waals surface area (Å²) >= 11 is 6.76. The first-order chi connectivity index (χ1) is 9.19. The highest BCUT2D eigenvalue weighted by molar-refractivity contribution is 9.11. The highest BCUT2D eigenvalue weighted by Gasteiger charge is 2.05. The Kier molecular flexibility index (Phi) is 5.22. The van der Waals surface area contributed by atoms with Gasteiger partial charge in [-0.05, 0) is 68.6 Å². The summed E-state index contributed by atoms with van der Waals surface area (Å²) in [6.45, 7) is 2.80. The van der Waals surface area contributed by atoms with Crippen LogP contribution in [0.4, 0.5) is 0 Å². The molecule has 5 heteroatoms. The van der Waals surface area contributed by atoms with Gasteiger partial charge in [0, 0.05) is 10.7 Å². The summed E-state index contributed by atoms with van der Waals surface area (Å²) in [5, 5.41) is 0. The Labute approximate surface area is 129 Å². The van der Waals surface area contributed by atoms with E-state index in [1.807, 2.05) is 30.3 Å². The molecule has 0 radical (unpaired) electrons. The van der Waals surface area contributed by atoms with E-state index >= 15 is 0 Å². The second-order valence-electron chi connectivity index (χ2n) is 3.86. The zero-order valence-corrected chi connectivity index (χ0v) is 13.6. The zero-order chi connectivity index (χ0) is 13.7. The van der Waals surface area contributed by atoms with Crippen LogP contribution >= 0.6 is 31.9 Å². The van der Waals surface area contributed by atoms with Crippen LogP contribution in [0.15, 0.2) is 45.5 Å². The molecular weight excluding hydrogens is 374 g/mol. The lowest BCUT2D eigenvalue weighted by atomic mass is 10.3. The molecule has 1 heterocycles. The van der Waals surface area contributed by atoms with E-state index in [4.69, 9.17) is 9.47 Å². The van der Waals surface area contributed by atoms with Crippen molar-refractivity contribution in [3.8, 4) is 17.4 Å². The number of aromatic nitrogens is 1. The Balaban J connectivity index is 2.06. The van der Waals surface area contributed by atoms with E-state index in [0.29, 0.717) is 5.88 Å². The minimum atomic E-state index is 0.533. The summed E-state index contributed by atoms with van der Waals surface area (Å²) in [6, 6.07) is 9.39. The van der Waals surface area contributed by atoms with E-state index in [0.717, 1.165) is 33.5 Å². The molecule has 0 atom stereocenters. The Hall–Kier alpha value is -1.07. The van der Waals surface area contributed by atoms with Gasteiger partial charge in [0.15, 0.2) is 0 Å². The first-order valence-corrected chi connectivity index (χ1v) is 7.49. The van der Waals surface area contributed by atoms with Gasteiger partial charge >= 0.3 is 0 Å². The van der Waals surface area contributed by atoms with Crippen LogP contribution in [0.1, 0.15) is 13.3 Å². The highest BCUT2D eigenvalue weighted by atomic mass is 79.9. The number of benzene rings is 1. The molecule has 0 saturated carbocycles. The second kappa shape index (κ2) is 6.91. The van der Waals surface area contributed by atoms with E-state index in [1.54, 1.807) is 6.20 Å². The standard InChI is InChI=1S/C14H13Br2NO2/c1-2-7-18-11-3-5-12(6-4-11)19-14-13(16)8-10(15)9-17-14/h3-6,8-9H,2,7H2,1H3. The maximum absolute atomic E-state index is 5.69. The topological polar surface area (TPSA) is 31.4 Å². The van der Waals surface area contributed by atoms with Crippen LogP contribution in [0, 0.1) is 0 Å². The van der Waals surface area contributed by atoms with Crippen molar-refractivity contribution in [3.05, 3.63) is 45.5 Å². The third-order valence-electron chi connectivity index (χ3n) is 2.29. The van der Waals surface area contributed by atoms with Gasteiger partial charge in [-0.2, -0.15) is 0 Å². The molecule has 19 heavy (non-hydrogen) atoms. The van der Waals surface area contributed by atoms with Crippen LogP contribution in [0.2, 0.25) is 0 Å². The summed E-state index contributed by atoms with van der Waals surface area (Å²) < 4.78 is 12.9. The molecule has 2 aromatic rings. The smallest absolute Gasteiger partial charge is 0.233 e. The van der Waals surface area contributed by atoms with E-state index in [2.05, 4.69) is 43.8 Å². The molecule has 0 aliphatic heterocycles. The molecule has 2 rings (SSSR count). The molecule has 0 spiro atoms. The molecule has 0 amide bonds. The highest BCUT2D eigenvalue weighted by Crippen LogP contribution is 2.30. The normalized spacial score (nSPS) is 10.3. The molecule has 100 valence electrons. The Morgan fingerprint density at radius 2 is 1.79 bits per heavy atom. The fraction of sp³-hybridized carbons (Fsp3) is 0.214. The quantitative estimate of drug-likeness (QED) is 0.708. The lowest BCUT2D eigenvalue weighted by Crippen LogP contribution is -1.94. The number of nitrogens with zero attached hydrogens (tertiary/aromatic N) is 1.